The average Bonchev–Trinajstić information content (AvgIpc) is 3.13. The largest absolute Gasteiger partial charge is 0.459 e. The zero-order valence-electron chi connectivity index (χ0n) is 14.7. The van der Waals surface area contributed by atoms with Crippen molar-refractivity contribution in [2.45, 2.75) is 26.7 Å². The van der Waals surface area contributed by atoms with Crippen molar-refractivity contribution in [1.82, 2.24) is 14.9 Å². The first-order chi connectivity index (χ1) is 12.0. The van der Waals surface area contributed by atoms with E-state index < -0.39 is 0 Å². The highest BCUT2D eigenvalue weighted by atomic mass is 16.3. The van der Waals surface area contributed by atoms with Gasteiger partial charge in [0, 0.05) is 37.9 Å². The lowest BCUT2D eigenvalue weighted by atomic mass is 10.1. The van der Waals surface area contributed by atoms with E-state index >= 15 is 0 Å². The van der Waals surface area contributed by atoms with E-state index in [1.807, 2.05) is 4.90 Å². The maximum atomic E-state index is 12.3. The van der Waals surface area contributed by atoms with Gasteiger partial charge >= 0.3 is 0 Å². The molecule has 1 saturated heterocycles. The van der Waals surface area contributed by atoms with Crippen LogP contribution in [0.4, 0.5) is 5.95 Å². The van der Waals surface area contributed by atoms with Crippen molar-refractivity contribution in [3.05, 3.63) is 46.3 Å². The quantitative estimate of drug-likeness (QED) is 0.896. The van der Waals surface area contributed by atoms with Crippen LogP contribution in [-0.2, 0) is 6.42 Å². The Morgan fingerprint density at radius 2 is 2.08 bits per heavy atom. The summed E-state index contributed by atoms with van der Waals surface area (Å²) in [6.07, 6.45) is 3.30. The van der Waals surface area contributed by atoms with Crippen molar-refractivity contribution in [3.63, 3.8) is 0 Å². The molecule has 0 atom stereocenters. The Hall–Kier alpha value is -2.57. The number of aromatic nitrogens is 2. The molecule has 3 rings (SSSR count). The number of carbonyl (C=O) groups is 1. The van der Waals surface area contributed by atoms with Gasteiger partial charge in [-0.1, -0.05) is 13.8 Å². The van der Waals surface area contributed by atoms with Gasteiger partial charge in [0.15, 0.2) is 5.76 Å². The van der Waals surface area contributed by atoms with Crippen LogP contribution in [0.5, 0.6) is 0 Å². The molecule has 0 bridgehead atoms. The molecule has 0 aromatic carbocycles. The molecule has 0 spiro atoms. The van der Waals surface area contributed by atoms with Crippen LogP contribution in [0.15, 0.2) is 33.7 Å². The van der Waals surface area contributed by atoms with Gasteiger partial charge < -0.3 is 14.2 Å². The van der Waals surface area contributed by atoms with Crippen molar-refractivity contribution in [2.24, 2.45) is 5.92 Å². The number of furan rings is 1. The summed E-state index contributed by atoms with van der Waals surface area (Å²) in [5.74, 6) is 1.42. The summed E-state index contributed by atoms with van der Waals surface area (Å²) in [5, 5.41) is 0. The molecule has 0 radical (unpaired) electrons. The SMILES string of the molecule is CC(C)CCc1cc(=O)[nH]c(N2CCN(C(=O)c3ccco3)CC2)n1. The first kappa shape index (κ1) is 17.3. The van der Waals surface area contributed by atoms with Crippen LogP contribution >= 0.6 is 0 Å². The van der Waals surface area contributed by atoms with Crippen molar-refractivity contribution in [2.75, 3.05) is 31.1 Å². The Balaban J connectivity index is 1.64. The van der Waals surface area contributed by atoms with Gasteiger partial charge in [-0.25, -0.2) is 4.98 Å². The predicted octanol–water partition coefficient (Wildman–Crippen LogP) is 1.91. The van der Waals surface area contributed by atoms with Gasteiger partial charge in [-0.3, -0.25) is 14.6 Å². The molecule has 1 fully saturated rings. The number of H-pyrrole nitrogens is 1. The van der Waals surface area contributed by atoms with E-state index in [0.717, 1.165) is 18.5 Å². The lowest BCUT2D eigenvalue weighted by Crippen LogP contribution is -2.49. The highest BCUT2D eigenvalue weighted by Crippen LogP contribution is 2.14. The minimum atomic E-state index is -0.127. The van der Waals surface area contributed by atoms with Crippen molar-refractivity contribution < 1.29 is 9.21 Å². The average molecular weight is 344 g/mol. The van der Waals surface area contributed by atoms with E-state index in [1.54, 1.807) is 23.1 Å². The molecule has 0 saturated carbocycles. The second kappa shape index (κ2) is 7.55. The summed E-state index contributed by atoms with van der Waals surface area (Å²) in [6.45, 7) is 6.71. The van der Waals surface area contributed by atoms with Crippen LogP contribution in [0.1, 0.15) is 36.5 Å². The number of hydrogen-bond acceptors (Lipinski definition) is 5. The van der Waals surface area contributed by atoms with Crippen LogP contribution in [0.2, 0.25) is 0 Å². The molecule has 3 heterocycles. The molecule has 25 heavy (non-hydrogen) atoms. The van der Waals surface area contributed by atoms with E-state index in [-0.39, 0.29) is 11.5 Å². The maximum Gasteiger partial charge on any atom is 0.289 e. The molecule has 1 aliphatic heterocycles. The molecule has 134 valence electrons. The molecule has 1 aliphatic rings. The molecule has 0 unspecified atom stereocenters. The van der Waals surface area contributed by atoms with E-state index in [0.29, 0.717) is 43.8 Å². The fraction of sp³-hybridized carbons (Fsp3) is 0.500. The minimum Gasteiger partial charge on any atom is -0.459 e. The molecule has 7 nitrogen and oxygen atoms in total. The fourth-order valence-electron chi connectivity index (χ4n) is 2.89. The summed E-state index contributed by atoms with van der Waals surface area (Å²) in [7, 11) is 0. The lowest BCUT2D eigenvalue weighted by Gasteiger charge is -2.34. The number of hydrogen-bond donors (Lipinski definition) is 1. The van der Waals surface area contributed by atoms with Crippen molar-refractivity contribution in [1.29, 1.82) is 0 Å². The van der Waals surface area contributed by atoms with Gasteiger partial charge in [0.2, 0.25) is 5.95 Å². The summed E-state index contributed by atoms with van der Waals surface area (Å²) in [5.41, 5.74) is 0.694. The number of amides is 1. The maximum absolute atomic E-state index is 12.3. The smallest absolute Gasteiger partial charge is 0.289 e. The van der Waals surface area contributed by atoms with Gasteiger partial charge in [-0.05, 0) is 30.9 Å². The van der Waals surface area contributed by atoms with Crippen LogP contribution in [0.3, 0.4) is 0 Å². The lowest BCUT2D eigenvalue weighted by molar-refractivity contribution is 0.0714. The number of anilines is 1. The molecular weight excluding hydrogens is 320 g/mol. The monoisotopic (exact) mass is 344 g/mol. The van der Waals surface area contributed by atoms with E-state index in [2.05, 4.69) is 23.8 Å². The number of nitrogens with one attached hydrogen (secondary N) is 1. The normalized spacial score (nSPS) is 15.0. The molecule has 2 aromatic rings. The third kappa shape index (κ3) is 4.29. The number of aromatic amines is 1. The van der Waals surface area contributed by atoms with Gasteiger partial charge in [0.05, 0.1) is 6.26 Å². The Morgan fingerprint density at radius 1 is 1.32 bits per heavy atom. The minimum absolute atomic E-state index is 0.100. The van der Waals surface area contributed by atoms with E-state index in [4.69, 9.17) is 4.42 Å². The van der Waals surface area contributed by atoms with Crippen molar-refractivity contribution >= 4 is 11.9 Å². The zero-order valence-corrected chi connectivity index (χ0v) is 14.7. The van der Waals surface area contributed by atoms with Crippen LogP contribution in [-0.4, -0.2) is 47.0 Å². The molecule has 1 amide bonds. The van der Waals surface area contributed by atoms with Crippen molar-refractivity contribution in [3.8, 4) is 0 Å². The first-order valence-electron chi connectivity index (χ1n) is 8.71. The van der Waals surface area contributed by atoms with Crippen LogP contribution in [0, 0.1) is 5.92 Å². The number of rotatable bonds is 5. The van der Waals surface area contributed by atoms with Gasteiger partial charge in [0.1, 0.15) is 0 Å². The third-order valence-corrected chi connectivity index (χ3v) is 4.36. The van der Waals surface area contributed by atoms with Crippen LogP contribution < -0.4 is 10.5 Å². The Bertz CT molecular complexity index is 759. The van der Waals surface area contributed by atoms with E-state index in [1.165, 1.54) is 6.26 Å². The fourth-order valence-corrected chi connectivity index (χ4v) is 2.89. The Morgan fingerprint density at radius 3 is 2.72 bits per heavy atom. The Kier molecular flexibility index (Phi) is 5.21. The van der Waals surface area contributed by atoms with Gasteiger partial charge in [0.25, 0.3) is 11.5 Å². The topological polar surface area (TPSA) is 82.4 Å². The number of aryl methyl sites for hydroxylation is 1. The zero-order chi connectivity index (χ0) is 17.8. The predicted molar refractivity (Wildman–Crippen MR) is 94.8 cm³/mol. The second-order valence-corrected chi connectivity index (χ2v) is 6.75. The van der Waals surface area contributed by atoms with Gasteiger partial charge in [-0.15, -0.1) is 0 Å². The number of carbonyl (C=O) groups excluding carboxylic acids is 1. The second-order valence-electron chi connectivity index (χ2n) is 6.75. The standard InChI is InChI=1S/C18H24N4O3/c1-13(2)5-6-14-12-16(23)20-18(19-14)22-9-7-21(8-10-22)17(24)15-4-3-11-25-15/h3-4,11-13H,5-10H2,1-2H3,(H,19,20,23). The molecule has 1 N–H and O–H groups in total. The number of nitrogens with zero attached hydrogens (tertiary/aromatic N) is 3. The van der Waals surface area contributed by atoms with E-state index in [9.17, 15) is 9.59 Å². The summed E-state index contributed by atoms with van der Waals surface area (Å²) < 4.78 is 5.17. The molecular formula is C18H24N4O3. The highest BCUT2D eigenvalue weighted by Gasteiger charge is 2.24. The summed E-state index contributed by atoms with van der Waals surface area (Å²) in [4.78, 5) is 35.4. The molecule has 7 heteroatoms. The molecule has 2 aromatic heterocycles. The highest BCUT2D eigenvalue weighted by molar-refractivity contribution is 5.91. The molecule has 0 aliphatic carbocycles. The summed E-state index contributed by atoms with van der Waals surface area (Å²) in [6, 6.07) is 4.95. The number of piperazine rings is 1. The first-order valence-corrected chi connectivity index (χ1v) is 8.71. The van der Waals surface area contributed by atoms with Crippen LogP contribution in [0.25, 0.3) is 0 Å². The third-order valence-electron chi connectivity index (χ3n) is 4.36. The Labute approximate surface area is 146 Å². The summed E-state index contributed by atoms with van der Waals surface area (Å²) >= 11 is 0. The van der Waals surface area contributed by atoms with Gasteiger partial charge in [-0.2, -0.15) is 0 Å².